The summed E-state index contributed by atoms with van der Waals surface area (Å²) in [6, 6.07) is 0. The number of nitrogens with two attached hydrogens (primary N) is 1. The molecule has 0 saturated heterocycles. The lowest BCUT2D eigenvalue weighted by Gasteiger charge is -2.34. The Labute approximate surface area is 118 Å². The van der Waals surface area contributed by atoms with Crippen molar-refractivity contribution in [3.05, 3.63) is 17.1 Å². The summed E-state index contributed by atoms with van der Waals surface area (Å²) >= 11 is 0. The van der Waals surface area contributed by atoms with E-state index in [4.69, 9.17) is 15.2 Å². The van der Waals surface area contributed by atoms with Crippen molar-refractivity contribution in [2.45, 2.75) is 44.6 Å². The second kappa shape index (κ2) is 5.75. The van der Waals surface area contributed by atoms with E-state index in [9.17, 15) is 4.79 Å². The molecule has 0 spiro atoms. The number of anilines is 1. The molecule has 0 bridgehead atoms. The largest absolute Gasteiger partial charge is 0.465 e. The normalized spacial score (nSPS) is 17.8. The number of rotatable bonds is 3. The first-order valence-electron chi connectivity index (χ1n) is 6.82. The van der Waals surface area contributed by atoms with Gasteiger partial charge in [0, 0.05) is 7.11 Å². The molecule has 0 unspecified atom stereocenters. The van der Waals surface area contributed by atoms with Gasteiger partial charge in [0.1, 0.15) is 17.0 Å². The average Bonchev–Trinajstić information content (AvgIpc) is 2.46. The monoisotopic (exact) mass is 279 g/mol. The molecule has 6 nitrogen and oxygen atoms in total. The Balaban J connectivity index is 2.45. The number of esters is 1. The molecular weight excluding hydrogens is 258 g/mol. The number of aromatic nitrogens is 2. The molecule has 1 aliphatic carbocycles. The van der Waals surface area contributed by atoms with E-state index in [0.717, 1.165) is 25.7 Å². The van der Waals surface area contributed by atoms with Crippen LogP contribution in [0.15, 0.2) is 0 Å². The molecule has 0 radical (unpaired) electrons. The summed E-state index contributed by atoms with van der Waals surface area (Å²) in [6.07, 6.45) is 5.10. The maximum atomic E-state index is 11.7. The van der Waals surface area contributed by atoms with E-state index in [1.807, 2.05) is 0 Å². The Hall–Kier alpha value is -1.69. The molecule has 1 aliphatic rings. The molecule has 0 atom stereocenters. The van der Waals surface area contributed by atoms with Gasteiger partial charge in [-0.05, 0) is 19.8 Å². The Morgan fingerprint density at radius 2 is 1.85 bits per heavy atom. The molecule has 1 heterocycles. The van der Waals surface area contributed by atoms with E-state index < -0.39 is 11.6 Å². The third kappa shape index (κ3) is 2.47. The van der Waals surface area contributed by atoms with Crippen molar-refractivity contribution in [1.82, 2.24) is 9.97 Å². The number of carbonyl (C=O) groups is 1. The van der Waals surface area contributed by atoms with Crippen molar-refractivity contribution < 1.29 is 14.3 Å². The zero-order chi connectivity index (χ0) is 14.8. The molecule has 0 aliphatic heterocycles. The van der Waals surface area contributed by atoms with Crippen LogP contribution in [0, 0.1) is 6.92 Å². The van der Waals surface area contributed by atoms with E-state index in [1.54, 1.807) is 14.0 Å². The quantitative estimate of drug-likeness (QED) is 0.851. The first-order valence-corrected chi connectivity index (χ1v) is 6.82. The van der Waals surface area contributed by atoms with Crippen LogP contribution in [-0.4, -0.2) is 30.2 Å². The van der Waals surface area contributed by atoms with Crippen LogP contribution in [0.3, 0.4) is 0 Å². The lowest BCUT2D eigenvalue weighted by atomic mass is 9.83. The van der Waals surface area contributed by atoms with Crippen LogP contribution in [0.4, 0.5) is 5.82 Å². The van der Waals surface area contributed by atoms with Gasteiger partial charge >= 0.3 is 5.97 Å². The highest BCUT2D eigenvalue weighted by Gasteiger charge is 2.37. The summed E-state index contributed by atoms with van der Waals surface area (Å²) in [5.41, 5.74) is 6.19. The molecule has 0 amide bonds. The van der Waals surface area contributed by atoms with Crippen LogP contribution in [-0.2, 0) is 15.1 Å². The molecule has 2 rings (SSSR count). The van der Waals surface area contributed by atoms with Crippen LogP contribution >= 0.6 is 0 Å². The van der Waals surface area contributed by atoms with Crippen LogP contribution < -0.4 is 5.73 Å². The maximum Gasteiger partial charge on any atom is 0.343 e. The Bertz CT molecular complexity index is 487. The molecule has 110 valence electrons. The SMILES string of the molecule is COC(=O)c1c(C)nc(C2(OC)CCCCC2)nc1N. The number of carbonyl (C=O) groups excluding carboxylic acids is 1. The van der Waals surface area contributed by atoms with Crippen LogP contribution in [0.2, 0.25) is 0 Å². The number of nitrogens with zero attached hydrogens (tertiary/aromatic N) is 2. The van der Waals surface area contributed by atoms with E-state index >= 15 is 0 Å². The molecule has 1 aromatic rings. The molecule has 20 heavy (non-hydrogen) atoms. The highest BCUT2D eigenvalue weighted by molar-refractivity contribution is 5.95. The Morgan fingerprint density at radius 3 is 2.35 bits per heavy atom. The summed E-state index contributed by atoms with van der Waals surface area (Å²) < 4.78 is 10.4. The summed E-state index contributed by atoms with van der Waals surface area (Å²) in [4.78, 5) is 20.4. The van der Waals surface area contributed by atoms with E-state index in [2.05, 4.69) is 9.97 Å². The van der Waals surface area contributed by atoms with Gasteiger partial charge in [0.05, 0.1) is 12.8 Å². The second-order valence-corrected chi connectivity index (χ2v) is 5.14. The summed E-state index contributed by atoms with van der Waals surface area (Å²) in [5, 5.41) is 0. The lowest BCUT2D eigenvalue weighted by Crippen LogP contribution is -2.34. The molecular formula is C14H21N3O3. The zero-order valence-corrected chi connectivity index (χ0v) is 12.2. The van der Waals surface area contributed by atoms with Crippen molar-refractivity contribution in [2.24, 2.45) is 0 Å². The molecule has 1 aromatic heterocycles. The molecule has 6 heteroatoms. The van der Waals surface area contributed by atoms with Crippen molar-refractivity contribution in [3.8, 4) is 0 Å². The van der Waals surface area contributed by atoms with E-state index in [0.29, 0.717) is 11.5 Å². The maximum absolute atomic E-state index is 11.7. The highest BCUT2D eigenvalue weighted by Crippen LogP contribution is 2.39. The minimum Gasteiger partial charge on any atom is -0.465 e. The van der Waals surface area contributed by atoms with Crippen LogP contribution in [0.25, 0.3) is 0 Å². The van der Waals surface area contributed by atoms with Crippen LogP contribution in [0.1, 0.15) is 54.0 Å². The Kier molecular flexibility index (Phi) is 4.23. The van der Waals surface area contributed by atoms with Gasteiger partial charge in [0.25, 0.3) is 0 Å². The molecule has 2 N–H and O–H groups in total. The lowest BCUT2D eigenvalue weighted by molar-refractivity contribution is -0.0515. The fourth-order valence-electron chi connectivity index (χ4n) is 2.80. The zero-order valence-electron chi connectivity index (χ0n) is 12.2. The van der Waals surface area contributed by atoms with Gasteiger partial charge in [0.2, 0.25) is 0 Å². The first-order chi connectivity index (χ1) is 9.54. The van der Waals surface area contributed by atoms with Gasteiger partial charge in [-0.3, -0.25) is 0 Å². The predicted octanol–water partition coefficient (Wildman–Crippen LogP) is 1.96. The van der Waals surface area contributed by atoms with Crippen molar-refractivity contribution in [3.63, 3.8) is 0 Å². The standard InChI is InChI=1S/C14H21N3O3/c1-9-10(12(18)19-2)11(15)17-13(16-9)14(20-3)7-5-4-6-8-14/h4-8H2,1-3H3,(H2,15,16,17). The van der Waals surface area contributed by atoms with Gasteiger partial charge in [-0.1, -0.05) is 19.3 Å². The van der Waals surface area contributed by atoms with Gasteiger partial charge in [-0.15, -0.1) is 0 Å². The minimum atomic E-state index is -0.512. The number of hydrogen-bond acceptors (Lipinski definition) is 6. The number of hydrogen-bond donors (Lipinski definition) is 1. The second-order valence-electron chi connectivity index (χ2n) is 5.14. The van der Waals surface area contributed by atoms with Gasteiger partial charge < -0.3 is 15.2 Å². The number of ether oxygens (including phenoxy) is 2. The number of methoxy groups -OCH3 is 2. The average molecular weight is 279 g/mol. The summed E-state index contributed by atoms with van der Waals surface area (Å²) in [5.74, 6) is 0.213. The Morgan fingerprint density at radius 1 is 1.20 bits per heavy atom. The van der Waals surface area contributed by atoms with E-state index in [-0.39, 0.29) is 11.4 Å². The molecule has 1 fully saturated rings. The summed E-state index contributed by atoms with van der Waals surface area (Å²) in [7, 11) is 2.99. The minimum absolute atomic E-state index is 0.154. The fraction of sp³-hybridized carbons (Fsp3) is 0.643. The van der Waals surface area contributed by atoms with E-state index in [1.165, 1.54) is 13.5 Å². The third-order valence-corrected chi connectivity index (χ3v) is 3.97. The molecule has 0 aromatic carbocycles. The highest BCUT2D eigenvalue weighted by atomic mass is 16.5. The van der Waals surface area contributed by atoms with Crippen molar-refractivity contribution >= 4 is 11.8 Å². The van der Waals surface area contributed by atoms with Gasteiger partial charge in [-0.2, -0.15) is 0 Å². The first kappa shape index (κ1) is 14.7. The van der Waals surface area contributed by atoms with Crippen molar-refractivity contribution in [2.75, 3.05) is 20.0 Å². The fourth-order valence-corrected chi connectivity index (χ4v) is 2.80. The van der Waals surface area contributed by atoms with Crippen molar-refractivity contribution in [1.29, 1.82) is 0 Å². The van der Waals surface area contributed by atoms with Crippen LogP contribution in [0.5, 0.6) is 0 Å². The van der Waals surface area contributed by atoms with Gasteiger partial charge in [-0.25, -0.2) is 14.8 Å². The van der Waals surface area contributed by atoms with Gasteiger partial charge in [0.15, 0.2) is 5.82 Å². The topological polar surface area (TPSA) is 87.3 Å². The third-order valence-electron chi connectivity index (χ3n) is 3.97. The number of nitrogen functional groups attached to an aromatic ring is 1. The smallest absolute Gasteiger partial charge is 0.343 e. The predicted molar refractivity (Wildman–Crippen MR) is 74.3 cm³/mol. The summed E-state index contributed by atoms with van der Waals surface area (Å²) in [6.45, 7) is 1.74. The molecule has 1 saturated carbocycles. The number of aryl methyl sites for hydroxylation is 1.